The highest BCUT2D eigenvalue weighted by atomic mass is 32.2. The van der Waals surface area contributed by atoms with Gasteiger partial charge in [-0.3, -0.25) is 58.4 Å². The lowest BCUT2D eigenvalue weighted by Crippen LogP contribution is -2.54. The quantitative estimate of drug-likeness (QED) is 0.176. The number of hydrogen-bond acceptors (Lipinski definition) is 15. The van der Waals surface area contributed by atoms with E-state index in [2.05, 4.69) is 55.3 Å². The van der Waals surface area contributed by atoms with Crippen LogP contribution in [0.3, 0.4) is 0 Å². The number of likely N-dealkylation sites (N-methyl/N-ethyl adjacent to an activating group) is 1. The van der Waals surface area contributed by atoms with Gasteiger partial charge in [0.1, 0.15) is 17.3 Å². The van der Waals surface area contributed by atoms with Crippen molar-refractivity contribution >= 4 is 69.0 Å². The summed E-state index contributed by atoms with van der Waals surface area (Å²) < 4.78 is 31.9. The van der Waals surface area contributed by atoms with Crippen LogP contribution in [0.2, 0.25) is 0 Å². The van der Waals surface area contributed by atoms with Crippen molar-refractivity contribution in [1.82, 2.24) is 50.1 Å². The Morgan fingerprint density at radius 3 is 2.17 bits per heavy atom. The smallest absolute Gasteiger partial charge is 0.266 e. The van der Waals surface area contributed by atoms with E-state index in [0.29, 0.717) is 56.5 Å². The van der Waals surface area contributed by atoms with Crippen LogP contribution in [-0.2, 0) is 38.8 Å². The van der Waals surface area contributed by atoms with Crippen molar-refractivity contribution in [3.05, 3.63) is 64.7 Å². The molecule has 0 aromatic heterocycles. The number of benzene rings is 2. The Bertz CT molecular complexity index is 2850. The maximum Gasteiger partial charge on any atom is 0.266 e. The number of likely N-dealkylation sites (tertiary alicyclic amines) is 2. The number of rotatable bonds is 16. The molecule has 23 heteroatoms. The third-order valence-corrected chi connectivity index (χ3v) is 21.6. The Hall–Kier alpha value is -5.46. The SMILES string of the molecule is CC1C(C(=O)NCC(=O)NC2SCC(c3cccc(C4CCNC(N(C)CC(=O)N5CCC(C6CCN(C(=O)COc7cccc8c7C(=O)N(C7CCC(=O)NC7=O)C8=O)CC6)CC5)C4)c3)N2C2CCCCC2)CN(S(C)(=O)=O)C1C. The van der Waals surface area contributed by atoms with E-state index in [4.69, 9.17) is 4.74 Å². The van der Waals surface area contributed by atoms with E-state index in [-0.39, 0.29) is 103 Å². The van der Waals surface area contributed by atoms with Crippen LogP contribution in [0.15, 0.2) is 42.5 Å². The van der Waals surface area contributed by atoms with Crippen molar-refractivity contribution in [3.8, 4) is 5.75 Å². The number of fused-ring (bicyclic) bond motifs is 1. The largest absolute Gasteiger partial charge is 0.483 e. The van der Waals surface area contributed by atoms with E-state index < -0.39 is 45.6 Å². The molecule has 6 saturated heterocycles. The third-order valence-electron chi connectivity index (χ3n) is 19.0. The molecule has 8 unspecified atom stereocenters. The first kappa shape index (κ1) is 58.7. The van der Waals surface area contributed by atoms with Gasteiger partial charge < -0.3 is 30.5 Å². The monoisotopic (exact) mass is 1160 g/mol. The van der Waals surface area contributed by atoms with Gasteiger partial charge in [0, 0.05) is 63.0 Å². The summed E-state index contributed by atoms with van der Waals surface area (Å²) in [4.78, 5) is 114. The van der Waals surface area contributed by atoms with Crippen LogP contribution in [0.4, 0.5) is 0 Å². The molecule has 21 nitrogen and oxygen atoms in total. The summed E-state index contributed by atoms with van der Waals surface area (Å²) in [6.45, 7) is 7.02. The molecule has 7 aliphatic heterocycles. The third kappa shape index (κ3) is 12.9. The maximum absolute atomic E-state index is 13.9. The zero-order valence-corrected chi connectivity index (χ0v) is 48.8. The highest BCUT2D eigenvalue weighted by Crippen LogP contribution is 2.44. The van der Waals surface area contributed by atoms with Crippen LogP contribution in [0.1, 0.15) is 141 Å². The minimum Gasteiger partial charge on any atom is -0.483 e. The van der Waals surface area contributed by atoms with E-state index in [9.17, 15) is 46.8 Å². The normalized spacial score (nSPS) is 28.6. The lowest BCUT2D eigenvalue weighted by molar-refractivity contribution is -0.137. The first-order valence-electron chi connectivity index (χ1n) is 29.3. The number of amides is 8. The summed E-state index contributed by atoms with van der Waals surface area (Å²) >= 11 is 1.73. The number of thioether (sulfide) groups is 1. The zero-order valence-electron chi connectivity index (χ0n) is 47.1. The topological polar surface area (TPSA) is 247 Å². The van der Waals surface area contributed by atoms with Crippen LogP contribution in [-0.4, -0.2) is 192 Å². The van der Waals surface area contributed by atoms with E-state index in [1.807, 2.05) is 25.8 Å². The molecular formula is C58H80N10O11S2. The van der Waals surface area contributed by atoms with Crippen LogP contribution >= 0.6 is 11.8 Å². The van der Waals surface area contributed by atoms with Gasteiger partial charge in [0.2, 0.25) is 39.6 Å². The van der Waals surface area contributed by atoms with E-state index >= 15 is 0 Å². The van der Waals surface area contributed by atoms with Gasteiger partial charge in [-0.25, -0.2) is 8.42 Å². The summed E-state index contributed by atoms with van der Waals surface area (Å²) in [5.41, 5.74) is 2.37. The van der Waals surface area contributed by atoms with E-state index in [0.717, 1.165) is 87.7 Å². The zero-order chi connectivity index (χ0) is 57.3. The minimum atomic E-state index is -3.46. The number of carbonyl (C=O) groups is 8. The molecule has 440 valence electrons. The fourth-order valence-corrected chi connectivity index (χ4v) is 16.8. The summed E-state index contributed by atoms with van der Waals surface area (Å²) in [5, 5.41) is 11.9. The standard InChI is InChI=1S/C58H80N10O11S2/c1-35-36(2)66(81(4,77)78)31-44(35)54(73)60-30-50(70)62-58-67(42-12-6-5-7-13-42)46(34-80-58)41-11-8-10-39(28-41)40-18-23-59-48(29-40)63(3)32-51(71)64-24-19-37(20-25-64)38-21-26-65(27-22-38)52(72)33-79-47-15-9-14-43-53(47)57(76)68(56(43)75)45-16-17-49(69)61-55(45)74/h8-11,14-15,28,35-38,40,42,44-46,48,58-59H,5-7,12-13,16-27,29-34H2,1-4H3,(H,60,73)(H,62,70)(H,61,69,74). The van der Waals surface area contributed by atoms with Gasteiger partial charge in [-0.15, -0.1) is 11.8 Å². The second-order valence-electron chi connectivity index (χ2n) is 23.9. The van der Waals surface area contributed by atoms with Crippen molar-refractivity contribution in [1.29, 1.82) is 0 Å². The van der Waals surface area contributed by atoms with Crippen LogP contribution in [0.5, 0.6) is 5.75 Å². The van der Waals surface area contributed by atoms with Gasteiger partial charge >= 0.3 is 0 Å². The molecule has 8 aliphatic rings. The average Bonchev–Trinajstić information content (AvgIpc) is 4.12. The number of hydrogen-bond donors (Lipinski definition) is 4. The van der Waals surface area contributed by atoms with Crippen LogP contribution in [0.25, 0.3) is 0 Å². The molecule has 1 saturated carbocycles. The number of sulfonamides is 1. The fourth-order valence-electron chi connectivity index (χ4n) is 14.2. The average molecular weight is 1160 g/mol. The minimum absolute atomic E-state index is 0.0107. The molecule has 0 radical (unpaired) electrons. The molecule has 2 aromatic rings. The Morgan fingerprint density at radius 1 is 0.815 bits per heavy atom. The molecule has 8 amide bonds. The van der Waals surface area contributed by atoms with Gasteiger partial charge in [-0.1, -0.05) is 56.5 Å². The molecule has 10 rings (SSSR count). The van der Waals surface area contributed by atoms with Gasteiger partial charge in [-0.05, 0) is 125 Å². The lowest BCUT2D eigenvalue weighted by Gasteiger charge is -2.41. The highest BCUT2D eigenvalue weighted by molar-refractivity contribution is 8.00. The van der Waals surface area contributed by atoms with Gasteiger partial charge in [0.25, 0.3) is 17.7 Å². The predicted molar refractivity (Wildman–Crippen MR) is 303 cm³/mol. The molecule has 8 atom stereocenters. The van der Waals surface area contributed by atoms with E-state index in [1.54, 1.807) is 22.7 Å². The first-order chi connectivity index (χ1) is 38.8. The lowest BCUT2D eigenvalue weighted by atomic mass is 9.79. The second kappa shape index (κ2) is 25.2. The summed E-state index contributed by atoms with van der Waals surface area (Å²) in [6.07, 6.45) is 12.2. The van der Waals surface area contributed by atoms with Crippen molar-refractivity contribution in [2.75, 3.05) is 78.0 Å². The predicted octanol–water partition coefficient (Wildman–Crippen LogP) is 3.22. The molecule has 81 heavy (non-hydrogen) atoms. The molecule has 0 spiro atoms. The number of piperidine rings is 4. The Labute approximate surface area is 479 Å². The summed E-state index contributed by atoms with van der Waals surface area (Å²) in [5.74, 6) is -1.75. The second-order valence-corrected chi connectivity index (χ2v) is 26.9. The van der Waals surface area contributed by atoms with Crippen molar-refractivity contribution in [2.45, 2.75) is 139 Å². The molecule has 0 bridgehead atoms. The van der Waals surface area contributed by atoms with E-state index in [1.165, 1.54) is 34.0 Å². The summed E-state index contributed by atoms with van der Waals surface area (Å²) in [7, 11) is -1.43. The maximum atomic E-state index is 13.9. The highest BCUT2D eigenvalue weighted by Gasteiger charge is 2.48. The van der Waals surface area contributed by atoms with Crippen LogP contribution < -0.4 is 26.0 Å². The number of ether oxygens (including phenoxy) is 1. The molecular weight excluding hydrogens is 1080 g/mol. The van der Waals surface area contributed by atoms with Crippen molar-refractivity contribution in [3.63, 3.8) is 0 Å². The molecule has 4 N–H and O–H groups in total. The van der Waals surface area contributed by atoms with Gasteiger partial charge in [0.15, 0.2) is 6.61 Å². The van der Waals surface area contributed by atoms with Crippen molar-refractivity contribution < 1.29 is 51.5 Å². The number of imide groups is 2. The van der Waals surface area contributed by atoms with Crippen molar-refractivity contribution in [2.24, 2.45) is 23.7 Å². The number of carbonyl (C=O) groups excluding carboxylic acids is 8. The number of nitrogens with one attached hydrogen (secondary N) is 4. The Kier molecular flexibility index (Phi) is 18.3. The van der Waals surface area contributed by atoms with Gasteiger partial charge in [0.05, 0.1) is 42.6 Å². The molecule has 7 fully saturated rings. The number of nitrogens with zero attached hydrogens (tertiary/aromatic N) is 6. The molecule has 1 aliphatic carbocycles. The first-order valence-corrected chi connectivity index (χ1v) is 32.2. The molecule has 2 aromatic carbocycles. The van der Waals surface area contributed by atoms with Gasteiger partial charge in [-0.2, -0.15) is 4.31 Å². The molecule has 7 heterocycles. The Balaban J connectivity index is 0.666. The van der Waals surface area contributed by atoms with Crippen LogP contribution in [0, 0.1) is 23.7 Å². The Morgan fingerprint density at radius 2 is 1.49 bits per heavy atom. The fraction of sp³-hybridized carbons (Fsp3) is 0.655. The summed E-state index contributed by atoms with van der Waals surface area (Å²) in [6, 6.07) is 12.6.